The second-order valence-electron chi connectivity index (χ2n) is 5.91. The van der Waals surface area contributed by atoms with Gasteiger partial charge in [-0.25, -0.2) is 4.98 Å². The van der Waals surface area contributed by atoms with Gasteiger partial charge < -0.3 is 9.84 Å². The van der Waals surface area contributed by atoms with E-state index in [1.807, 2.05) is 0 Å². The average Bonchev–Trinajstić information content (AvgIpc) is 2.76. The molecule has 5 heteroatoms. The molecule has 1 unspecified atom stereocenters. The number of methoxy groups -OCH3 is 1. The first kappa shape index (κ1) is 15.2. The van der Waals surface area contributed by atoms with Gasteiger partial charge in [-0.05, 0) is 39.8 Å². The fourth-order valence-corrected chi connectivity index (χ4v) is 2.84. The molecule has 20 heavy (non-hydrogen) atoms. The number of hydrogen-bond donors (Lipinski definition) is 1. The van der Waals surface area contributed by atoms with Crippen molar-refractivity contribution in [1.29, 1.82) is 0 Å². The van der Waals surface area contributed by atoms with Crippen molar-refractivity contribution in [2.75, 3.05) is 20.2 Å². The van der Waals surface area contributed by atoms with Gasteiger partial charge in [-0.3, -0.25) is 9.88 Å². The standard InChI is InChI=1S/C15H25N3O2/c1-15(2,18-10-6-4-5-7-11-18)13(19)12-14(20-3)17-9-8-16-12/h8-9,13,19H,4-7,10-11H2,1-3H3. The topological polar surface area (TPSA) is 58.5 Å². The molecule has 1 aromatic rings. The molecule has 0 bridgehead atoms. The molecule has 1 fully saturated rings. The van der Waals surface area contributed by atoms with Crippen LogP contribution in [0.2, 0.25) is 0 Å². The normalized spacial score (nSPS) is 19.4. The van der Waals surface area contributed by atoms with Crippen LogP contribution in [0.4, 0.5) is 0 Å². The van der Waals surface area contributed by atoms with Gasteiger partial charge in [0.2, 0.25) is 5.88 Å². The van der Waals surface area contributed by atoms with E-state index >= 15 is 0 Å². The van der Waals surface area contributed by atoms with Gasteiger partial charge in [-0.2, -0.15) is 0 Å². The molecular weight excluding hydrogens is 254 g/mol. The fraction of sp³-hybridized carbons (Fsp3) is 0.733. The smallest absolute Gasteiger partial charge is 0.238 e. The molecule has 1 aliphatic heterocycles. The molecule has 1 atom stereocenters. The lowest BCUT2D eigenvalue weighted by molar-refractivity contribution is -0.0138. The summed E-state index contributed by atoms with van der Waals surface area (Å²) >= 11 is 0. The molecule has 1 aliphatic rings. The highest BCUT2D eigenvalue weighted by Gasteiger charge is 2.38. The number of aliphatic hydroxyl groups is 1. The Labute approximate surface area is 121 Å². The van der Waals surface area contributed by atoms with Gasteiger partial charge in [0.25, 0.3) is 0 Å². The number of likely N-dealkylation sites (tertiary alicyclic amines) is 1. The summed E-state index contributed by atoms with van der Waals surface area (Å²) in [6.07, 6.45) is 7.38. The molecule has 0 radical (unpaired) electrons. The fourth-order valence-electron chi connectivity index (χ4n) is 2.84. The maximum atomic E-state index is 10.8. The summed E-state index contributed by atoms with van der Waals surface area (Å²) in [5.41, 5.74) is 0.137. The number of nitrogens with zero attached hydrogens (tertiary/aromatic N) is 3. The van der Waals surface area contributed by atoms with E-state index < -0.39 is 6.10 Å². The van der Waals surface area contributed by atoms with Crippen LogP contribution in [0.15, 0.2) is 12.4 Å². The van der Waals surface area contributed by atoms with Crippen molar-refractivity contribution < 1.29 is 9.84 Å². The highest BCUT2D eigenvalue weighted by atomic mass is 16.5. The van der Waals surface area contributed by atoms with Crippen LogP contribution in [0.3, 0.4) is 0 Å². The maximum Gasteiger partial charge on any atom is 0.238 e. The van der Waals surface area contributed by atoms with Crippen molar-refractivity contribution in [3.8, 4) is 5.88 Å². The van der Waals surface area contributed by atoms with Gasteiger partial charge in [0, 0.05) is 17.9 Å². The van der Waals surface area contributed by atoms with E-state index in [4.69, 9.17) is 4.74 Å². The van der Waals surface area contributed by atoms with Crippen molar-refractivity contribution in [2.45, 2.75) is 51.2 Å². The third-order valence-corrected chi connectivity index (χ3v) is 4.23. The number of ether oxygens (including phenoxy) is 1. The molecule has 1 N–H and O–H groups in total. The Bertz CT molecular complexity index is 429. The minimum Gasteiger partial charge on any atom is -0.480 e. The SMILES string of the molecule is COc1nccnc1C(O)C(C)(C)N1CCCCCC1. The van der Waals surface area contributed by atoms with E-state index in [1.165, 1.54) is 25.7 Å². The van der Waals surface area contributed by atoms with Crippen LogP contribution in [-0.2, 0) is 0 Å². The van der Waals surface area contributed by atoms with Crippen molar-refractivity contribution in [1.82, 2.24) is 14.9 Å². The minimum absolute atomic E-state index is 0.381. The van der Waals surface area contributed by atoms with Gasteiger partial charge in [0.1, 0.15) is 11.8 Å². The van der Waals surface area contributed by atoms with E-state index in [9.17, 15) is 5.11 Å². The quantitative estimate of drug-likeness (QED) is 0.915. The second kappa shape index (κ2) is 6.50. The Hall–Kier alpha value is -1.20. The third kappa shape index (κ3) is 3.10. The maximum absolute atomic E-state index is 10.8. The largest absolute Gasteiger partial charge is 0.480 e. The van der Waals surface area contributed by atoms with Crippen LogP contribution >= 0.6 is 0 Å². The molecule has 2 heterocycles. The lowest BCUT2D eigenvalue weighted by atomic mass is 9.92. The molecular formula is C15H25N3O2. The van der Waals surface area contributed by atoms with E-state index in [0.29, 0.717) is 11.6 Å². The van der Waals surface area contributed by atoms with Crippen LogP contribution in [-0.4, -0.2) is 45.7 Å². The summed E-state index contributed by atoms with van der Waals surface area (Å²) in [6.45, 7) is 6.17. The van der Waals surface area contributed by atoms with E-state index in [0.717, 1.165) is 13.1 Å². The number of aliphatic hydroxyl groups excluding tert-OH is 1. The zero-order valence-corrected chi connectivity index (χ0v) is 12.7. The highest BCUT2D eigenvalue weighted by molar-refractivity contribution is 5.22. The number of hydrogen-bond acceptors (Lipinski definition) is 5. The third-order valence-electron chi connectivity index (χ3n) is 4.23. The number of aromatic nitrogens is 2. The number of rotatable bonds is 4. The summed E-state index contributed by atoms with van der Waals surface area (Å²) < 4.78 is 5.22. The molecule has 0 amide bonds. The van der Waals surface area contributed by atoms with E-state index in [-0.39, 0.29) is 5.54 Å². The lowest BCUT2D eigenvalue weighted by Gasteiger charge is -2.41. The Balaban J connectivity index is 2.22. The van der Waals surface area contributed by atoms with Gasteiger partial charge in [-0.15, -0.1) is 0 Å². The van der Waals surface area contributed by atoms with Crippen molar-refractivity contribution in [3.05, 3.63) is 18.1 Å². The summed E-state index contributed by atoms with van der Waals surface area (Å²) in [7, 11) is 1.55. The predicted molar refractivity (Wildman–Crippen MR) is 77.7 cm³/mol. The zero-order chi connectivity index (χ0) is 14.6. The summed E-state index contributed by atoms with van der Waals surface area (Å²) in [6, 6.07) is 0. The first-order valence-electron chi connectivity index (χ1n) is 7.35. The Kier molecular flexibility index (Phi) is 4.94. The average molecular weight is 279 g/mol. The lowest BCUT2D eigenvalue weighted by Crippen LogP contribution is -2.49. The van der Waals surface area contributed by atoms with Crippen LogP contribution < -0.4 is 4.74 Å². The van der Waals surface area contributed by atoms with Crippen molar-refractivity contribution >= 4 is 0 Å². The van der Waals surface area contributed by atoms with Crippen molar-refractivity contribution in [2.24, 2.45) is 0 Å². The van der Waals surface area contributed by atoms with Crippen LogP contribution in [0.25, 0.3) is 0 Å². The molecule has 1 saturated heterocycles. The molecule has 1 aromatic heterocycles. The monoisotopic (exact) mass is 279 g/mol. The second-order valence-corrected chi connectivity index (χ2v) is 5.91. The molecule has 2 rings (SSSR count). The Morgan fingerprint density at radius 2 is 1.75 bits per heavy atom. The molecule has 0 saturated carbocycles. The summed E-state index contributed by atoms with van der Waals surface area (Å²) in [5, 5.41) is 10.8. The van der Waals surface area contributed by atoms with Gasteiger partial charge in [0.15, 0.2) is 0 Å². The molecule has 5 nitrogen and oxygen atoms in total. The van der Waals surface area contributed by atoms with Crippen molar-refractivity contribution in [3.63, 3.8) is 0 Å². The van der Waals surface area contributed by atoms with Crippen LogP contribution in [0.1, 0.15) is 51.3 Å². The molecule has 0 aromatic carbocycles. The molecule has 112 valence electrons. The first-order valence-corrected chi connectivity index (χ1v) is 7.35. The van der Waals surface area contributed by atoms with Crippen LogP contribution in [0, 0.1) is 0 Å². The minimum atomic E-state index is -0.718. The summed E-state index contributed by atoms with van der Waals surface area (Å²) in [5.74, 6) is 0.405. The Morgan fingerprint density at radius 3 is 2.35 bits per heavy atom. The van der Waals surface area contributed by atoms with Crippen LogP contribution in [0.5, 0.6) is 5.88 Å². The zero-order valence-electron chi connectivity index (χ0n) is 12.7. The highest BCUT2D eigenvalue weighted by Crippen LogP contribution is 2.34. The van der Waals surface area contributed by atoms with E-state index in [2.05, 4.69) is 28.7 Å². The van der Waals surface area contributed by atoms with Gasteiger partial charge in [0.05, 0.1) is 7.11 Å². The first-order chi connectivity index (χ1) is 9.57. The molecule has 0 aliphatic carbocycles. The van der Waals surface area contributed by atoms with Gasteiger partial charge >= 0.3 is 0 Å². The molecule has 0 spiro atoms. The Morgan fingerprint density at radius 1 is 1.15 bits per heavy atom. The predicted octanol–water partition coefficient (Wildman–Crippen LogP) is 2.17. The van der Waals surface area contributed by atoms with E-state index in [1.54, 1.807) is 19.5 Å². The summed E-state index contributed by atoms with van der Waals surface area (Å²) in [4.78, 5) is 10.8. The van der Waals surface area contributed by atoms with Gasteiger partial charge in [-0.1, -0.05) is 12.8 Å².